The Morgan fingerprint density at radius 2 is 1.94 bits per heavy atom. The number of hydrogen-bond acceptors (Lipinski definition) is 2. The highest BCUT2D eigenvalue weighted by atomic mass is 127. The van der Waals surface area contributed by atoms with E-state index in [2.05, 4.69) is 75.0 Å². The molecule has 4 heteroatoms. The van der Waals surface area contributed by atoms with Crippen molar-refractivity contribution in [3.05, 3.63) is 56.0 Å². The van der Waals surface area contributed by atoms with Crippen molar-refractivity contribution < 1.29 is 4.42 Å². The van der Waals surface area contributed by atoms with Crippen molar-refractivity contribution in [3.8, 4) is 0 Å². The molecule has 0 aliphatic carbocycles. The molecule has 0 unspecified atom stereocenters. The Bertz CT molecular complexity index is 480. The molecule has 90 valence electrons. The van der Waals surface area contributed by atoms with E-state index in [0.29, 0.717) is 6.04 Å². The van der Waals surface area contributed by atoms with Gasteiger partial charge in [-0.05, 0) is 59.3 Å². The van der Waals surface area contributed by atoms with Gasteiger partial charge < -0.3 is 9.73 Å². The van der Waals surface area contributed by atoms with Gasteiger partial charge in [-0.3, -0.25) is 0 Å². The molecule has 1 N–H and O–H groups in total. The van der Waals surface area contributed by atoms with Crippen LogP contribution in [0, 0.1) is 3.77 Å². The predicted octanol–water partition coefficient (Wildman–Crippen LogP) is 4.50. The number of nitrogens with one attached hydrogen (secondary N) is 1. The normalized spacial score (nSPS) is 12.6. The highest BCUT2D eigenvalue weighted by molar-refractivity contribution is 14.1. The van der Waals surface area contributed by atoms with Gasteiger partial charge in [-0.15, -0.1) is 0 Å². The van der Waals surface area contributed by atoms with Crippen LogP contribution in [0.1, 0.15) is 24.3 Å². The van der Waals surface area contributed by atoms with Gasteiger partial charge in [0.1, 0.15) is 5.76 Å². The van der Waals surface area contributed by atoms with Crippen molar-refractivity contribution in [2.24, 2.45) is 0 Å². The molecule has 0 aliphatic heterocycles. The first-order valence-electron chi connectivity index (χ1n) is 5.38. The van der Waals surface area contributed by atoms with E-state index >= 15 is 0 Å². The van der Waals surface area contributed by atoms with Crippen molar-refractivity contribution in [1.82, 2.24) is 5.32 Å². The van der Waals surface area contributed by atoms with Gasteiger partial charge in [0.05, 0.1) is 6.54 Å². The average molecular weight is 406 g/mol. The zero-order valence-corrected chi connectivity index (χ0v) is 13.2. The van der Waals surface area contributed by atoms with Crippen LogP contribution in [-0.4, -0.2) is 0 Å². The van der Waals surface area contributed by atoms with E-state index in [0.717, 1.165) is 20.5 Å². The topological polar surface area (TPSA) is 25.2 Å². The Hall–Kier alpha value is -0.330. The Labute approximate surface area is 123 Å². The number of hydrogen-bond donors (Lipinski definition) is 1. The molecule has 0 saturated carbocycles. The zero-order chi connectivity index (χ0) is 12.3. The van der Waals surface area contributed by atoms with Gasteiger partial charge in [0.15, 0.2) is 3.77 Å². The van der Waals surface area contributed by atoms with Crippen LogP contribution in [-0.2, 0) is 6.54 Å². The monoisotopic (exact) mass is 405 g/mol. The Morgan fingerprint density at radius 3 is 2.53 bits per heavy atom. The summed E-state index contributed by atoms with van der Waals surface area (Å²) in [6.45, 7) is 2.90. The van der Waals surface area contributed by atoms with E-state index in [-0.39, 0.29) is 0 Å². The van der Waals surface area contributed by atoms with Gasteiger partial charge in [-0.1, -0.05) is 28.1 Å². The smallest absolute Gasteiger partial charge is 0.164 e. The predicted molar refractivity (Wildman–Crippen MR) is 80.8 cm³/mol. The Morgan fingerprint density at radius 1 is 1.24 bits per heavy atom. The molecule has 2 aromatic rings. The minimum atomic E-state index is 0.311. The Balaban J connectivity index is 1.93. The van der Waals surface area contributed by atoms with E-state index < -0.39 is 0 Å². The van der Waals surface area contributed by atoms with Crippen molar-refractivity contribution in [3.63, 3.8) is 0 Å². The van der Waals surface area contributed by atoms with Crippen molar-refractivity contribution in [2.75, 3.05) is 0 Å². The first kappa shape index (κ1) is 13.1. The quantitative estimate of drug-likeness (QED) is 0.757. The van der Waals surface area contributed by atoms with Crippen molar-refractivity contribution >= 4 is 38.5 Å². The molecule has 17 heavy (non-hydrogen) atoms. The van der Waals surface area contributed by atoms with Crippen molar-refractivity contribution in [1.29, 1.82) is 0 Å². The van der Waals surface area contributed by atoms with Crippen LogP contribution in [0.2, 0.25) is 0 Å². The van der Waals surface area contributed by atoms with Crippen LogP contribution in [0.5, 0.6) is 0 Å². The molecule has 0 amide bonds. The molecule has 0 saturated heterocycles. The molecule has 1 aromatic carbocycles. The number of furan rings is 1. The van der Waals surface area contributed by atoms with Crippen LogP contribution in [0.15, 0.2) is 45.3 Å². The third-order valence-electron chi connectivity index (χ3n) is 2.58. The highest BCUT2D eigenvalue weighted by Crippen LogP contribution is 2.17. The van der Waals surface area contributed by atoms with Gasteiger partial charge in [-0.25, -0.2) is 0 Å². The third kappa shape index (κ3) is 3.82. The minimum Gasteiger partial charge on any atom is -0.454 e. The zero-order valence-electron chi connectivity index (χ0n) is 9.41. The fourth-order valence-corrected chi connectivity index (χ4v) is 2.30. The summed E-state index contributed by atoms with van der Waals surface area (Å²) in [6, 6.07) is 12.6. The van der Waals surface area contributed by atoms with E-state index in [1.54, 1.807) is 0 Å². The van der Waals surface area contributed by atoms with Crippen LogP contribution >= 0.6 is 38.5 Å². The third-order valence-corrected chi connectivity index (χ3v) is 3.69. The first-order chi connectivity index (χ1) is 8.15. The van der Waals surface area contributed by atoms with E-state index in [9.17, 15) is 0 Å². The molecule has 2 rings (SSSR count). The summed E-state index contributed by atoms with van der Waals surface area (Å²) < 4.78 is 7.54. The summed E-state index contributed by atoms with van der Waals surface area (Å²) >= 11 is 5.61. The lowest BCUT2D eigenvalue weighted by atomic mass is 10.1. The molecule has 0 spiro atoms. The van der Waals surface area contributed by atoms with Crippen molar-refractivity contribution in [2.45, 2.75) is 19.5 Å². The second kappa shape index (κ2) is 6.02. The number of benzene rings is 1. The van der Waals surface area contributed by atoms with Gasteiger partial charge in [0.2, 0.25) is 0 Å². The lowest BCUT2D eigenvalue weighted by Gasteiger charge is -2.13. The van der Waals surface area contributed by atoms with Crippen LogP contribution in [0.4, 0.5) is 0 Å². The number of halogens is 2. The molecule has 0 radical (unpaired) electrons. The maximum Gasteiger partial charge on any atom is 0.164 e. The first-order valence-corrected chi connectivity index (χ1v) is 7.25. The lowest BCUT2D eigenvalue weighted by Crippen LogP contribution is -2.17. The van der Waals surface area contributed by atoms with E-state index in [1.807, 2.05) is 12.1 Å². The Kier molecular flexibility index (Phi) is 4.64. The van der Waals surface area contributed by atoms with Gasteiger partial charge >= 0.3 is 0 Å². The molecular weight excluding hydrogens is 393 g/mol. The summed E-state index contributed by atoms with van der Waals surface area (Å²) in [5.41, 5.74) is 1.27. The lowest BCUT2D eigenvalue weighted by molar-refractivity contribution is 0.445. The summed E-state index contributed by atoms with van der Waals surface area (Å²) in [4.78, 5) is 0. The largest absolute Gasteiger partial charge is 0.454 e. The molecule has 1 heterocycles. The van der Waals surface area contributed by atoms with Crippen LogP contribution in [0.25, 0.3) is 0 Å². The van der Waals surface area contributed by atoms with Crippen LogP contribution < -0.4 is 5.32 Å². The maximum absolute atomic E-state index is 5.51. The minimum absolute atomic E-state index is 0.311. The summed E-state index contributed by atoms with van der Waals surface area (Å²) in [6.07, 6.45) is 0. The van der Waals surface area contributed by atoms with Crippen LogP contribution in [0.3, 0.4) is 0 Å². The molecular formula is C13H13BrINO. The average Bonchev–Trinajstić information content (AvgIpc) is 2.73. The molecule has 1 atom stereocenters. The molecule has 0 aliphatic rings. The SMILES string of the molecule is C[C@@H](NCc1ccc(I)o1)c1ccc(Br)cc1. The van der Waals surface area contributed by atoms with Gasteiger partial charge in [0, 0.05) is 10.5 Å². The number of rotatable bonds is 4. The van der Waals surface area contributed by atoms with Gasteiger partial charge in [-0.2, -0.15) is 0 Å². The molecule has 1 aromatic heterocycles. The summed E-state index contributed by atoms with van der Waals surface area (Å²) in [5.74, 6) is 0.971. The molecule has 0 bridgehead atoms. The van der Waals surface area contributed by atoms with E-state index in [1.165, 1.54) is 5.56 Å². The molecule has 0 fully saturated rings. The van der Waals surface area contributed by atoms with E-state index in [4.69, 9.17) is 4.42 Å². The second-order valence-corrected chi connectivity index (χ2v) is 5.84. The summed E-state index contributed by atoms with van der Waals surface area (Å²) in [5, 5.41) is 3.44. The van der Waals surface area contributed by atoms with Gasteiger partial charge in [0.25, 0.3) is 0 Å². The fourth-order valence-electron chi connectivity index (χ4n) is 1.57. The standard InChI is InChI=1S/C13H13BrINO/c1-9(10-2-4-11(14)5-3-10)16-8-12-6-7-13(15)17-12/h2-7,9,16H,8H2,1H3/t9-/m1/s1. The fraction of sp³-hybridized carbons (Fsp3) is 0.231. The molecule has 2 nitrogen and oxygen atoms in total. The highest BCUT2D eigenvalue weighted by Gasteiger charge is 2.06. The maximum atomic E-state index is 5.51. The second-order valence-electron chi connectivity index (χ2n) is 3.86. The summed E-state index contributed by atoms with van der Waals surface area (Å²) in [7, 11) is 0.